The van der Waals surface area contributed by atoms with Crippen molar-refractivity contribution in [2.75, 3.05) is 0 Å². The molecule has 0 saturated carbocycles. The minimum atomic E-state index is 0.372. The minimum Gasteiger partial charge on any atom is -0.145 e. The third-order valence-electron chi connectivity index (χ3n) is 9.87. The summed E-state index contributed by atoms with van der Waals surface area (Å²) in [5, 5.41) is 9.39. The van der Waals surface area contributed by atoms with Crippen molar-refractivity contribution in [3.63, 3.8) is 0 Å². The highest BCUT2D eigenvalue weighted by molar-refractivity contribution is 5.98. The van der Waals surface area contributed by atoms with E-state index < -0.39 is 0 Å². The highest BCUT2D eigenvalue weighted by Gasteiger charge is 2.26. The number of hydrogen-bond donors (Lipinski definition) is 0. The van der Waals surface area contributed by atoms with Crippen LogP contribution in [0.4, 0.5) is 17.1 Å². The Hall–Kier alpha value is -5.88. The van der Waals surface area contributed by atoms with Crippen LogP contribution in [0.5, 0.6) is 0 Å². The first-order valence-electron chi connectivity index (χ1n) is 16.3. The zero-order valence-electron chi connectivity index (χ0n) is 28.8. The van der Waals surface area contributed by atoms with Crippen LogP contribution in [0, 0.1) is 63.2 Å². The van der Waals surface area contributed by atoms with Crippen molar-refractivity contribution >= 4 is 17.1 Å². The summed E-state index contributed by atoms with van der Waals surface area (Å²) in [6.07, 6.45) is 0. The van der Waals surface area contributed by atoms with Gasteiger partial charge in [-0.25, -0.2) is 0 Å². The average molecular weight is 644 g/mol. The normalized spacial score (nSPS) is 11.0. The highest BCUT2D eigenvalue weighted by Crippen LogP contribution is 2.50. The molecule has 0 aliphatic heterocycles. The van der Waals surface area contributed by atoms with Crippen LogP contribution < -0.4 is 0 Å². The summed E-state index contributed by atoms with van der Waals surface area (Å²) in [5.74, 6) is 0. The first kappa shape index (κ1) is 33.0. The first-order chi connectivity index (χ1) is 23.6. The Morgan fingerprint density at radius 1 is 0.286 bits per heavy atom. The summed E-state index contributed by atoms with van der Waals surface area (Å²) in [7, 11) is 0. The Balaban J connectivity index is 1.78. The largest absolute Gasteiger partial charge is 0.145 e. The van der Waals surface area contributed by atoms with Crippen LogP contribution in [0.2, 0.25) is 0 Å². The zero-order chi connectivity index (χ0) is 35.0. The van der Waals surface area contributed by atoms with Crippen molar-refractivity contribution < 1.29 is 0 Å². The molecular weight excluding hydrogens is 606 g/mol. The molecule has 0 heterocycles. The van der Waals surface area contributed by atoms with Gasteiger partial charge in [-0.1, -0.05) is 66.2 Å². The monoisotopic (exact) mass is 643 g/mol. The SMILES string of the molecule is Cc1ccc(-c2c(C)c(-c3ccc(N=O)cc3)c(C)c(-c3c(C)c(-c4ccc(N=O)cc4)c(C)c(-c4ccc(N=O)cc4)c3C)c2C)cc1. The lowest BCUT2D eigenvalue weighted by Gasteiger charge is -2.28. The maximum atomic E-state index is 11.3. The topological polar surface area (TPSA) is 88.3 Å². The summed E-state index contributed by atoms with van der Waals surface area (Å²) >= 11 is 0. The van der Waals surface area contributed by atoms with E-state index in [0.717, 1.165) is 77.9 Å². The molecule has 49 heavy (non-hydrogen) atoms. The van der Waals surface area contributed by atoms with Gasteiger partial charge in [0.05, 0.1) is 0 Å². The predicted octanol–water partition coefficient (Wildman–Crippen LogP) is 13.4. The number of benzene rings is 6. The Kier molecular flexibility index (Phi) is 8.98. The van der Waals surface area contributed by atoms with E-state index in [1.807, 2.05) is 36.4 Å². The lowest BCUT2D eigenvalue weighted by Crippen LogP contribution is -2.06. The van der Waals surface area contributed by atoms with Gasteiger partial charge in [-0.3, -0.25) is 0 Å². The van der Waals surface area contributed by atoms with E-state index in [1.165, 1.54) is 16.7 Å². The van der Waals surface area contributed by atoms with Gasteiger partial charge in [0.1, 0.15) is 17.1 Å². The molecule has 6 aromatic rings. The summed E-state index contributed by atoms with van der Waals surface area (Å²) in [6.45, 7) is 15.1. The molecule has 0 unspecified atom stereocenters. The van der Waals surface area contributed by atoms with Crippen LogP contribution in [0.25, 0.3) is 55.6 Å². The van der Waals surface area contributed by atoms with Crippen LogP contribution in [0.1, 0.15) is 38.9 Å². The molecule has 6 rings (SSSR count). The lowest BCUT2D eigenvalue weighted by molar-refractivity contribution is 1.27. The maximum absolute atomic E-state index is 11.3. The number of nitroso groups, excluding NO2 is 3. The van der Waals surface area contributed by atoms with E-state index in [9.17, 15) is 14.7 Å². The van der Waals surface area contributed by atoms with Gasteiger partial charge < -0.3 is 0 Å². The van der Waals surface area contributed by atoms with Crippen LogP contribution >= 0.6 is 0 Å². The number of rotatable bonds is 8. The number of nitrogens with zero attached hydrogens (tertiary/aromatic N) is 3. The van der Waals surface area contributed by atoms with Crippen molar-refractivity contribution in [1.29, 1.82) is 0 Å². The van der Waals surface area contributed by atoms with Gasteiger partial charge in [0.25, 0.3) is 0 Å². The molecule has 0 radical (unpaired) electrons. The standard InChI is InChI=1S/C43H37N3O3/c1-24-8-10-31(11-9-24)38-25(2)39(32-12-18-35(44-47)19-13-32)28(5)42(27(38)4)43-29(6)40(33-14-20-36(45-48)21-15-33)26(3)41(30(43)7)34-16-22-37(46-49)23-17-34/h8-23H,1-7H3. The summed E-state index contributed by atoms with van der Waals surface area (Å²) in [4.78, 5) is 34.0. The molecule has 6 nitrogen and oxygen atoms in total. The van der Waals surface area contributed by atoms with E-state index in [4.69, 9.17) is 0 Å². The molecule has 0 fully saturated rings. The van der Waals surface area contributed by atoms with Crippen LogP contribution in [-0.4, -0.2) is 0 Å². The van der Waals surface area contributed by atoms with E-state index >= 15 is 0 Å². The third-order valence-corrected chi connectivity index (χ3v) is 9.87. The number of aryl methyl sites for hydroxylation is 1. The van der Waals surface area contributed by atoms with Crippen LogP contribution in [-0.2, 0) is 0 Å². The number of hydrogen-bond acceptors (Lipinski definition) is 6. The summed E-state index contributed by atoms with van der Waals surface area (Å²) < 4.78 is 0. The van der Waals surface area contributed by atoms with Gasteiger partial charge in [-0.2, -0.15) is 0 Å². The summed E-state index contributed by atoms with van der Waals surface area (Å²) in [6, 6.07) is 30.9. The molecular formula is C43H37N3O3. The Morgan fingerprint density at radius 3 is 0.714 bits per heavy atom. The molecule has 0 aliphatic rings. The molecule has 0 atom stereocenters. The van der Waals surface area contributed by atoms with Gasteiger partial charge in [0.2, 0.25) is 0 Å². The lowest BCUT2D eigenvalue weighted by atomic mass is 9.75. The zero-order valence-corrected chi connectivity index (χ0v) is 28.8. The molecule has 0 spiro atoms. The van der Waals surface area contributed by atoms with E-state index in [-0.39, 0.29) is 0 Å². The quantitative estimate of drug-likeness (QED) is 0.155. The molecule has 242 valence electrons. The van der Waals surface area contributed by atoms with E-state index in [1.54, 1.807) is 36.4 Å². The summed E-state index contributed by atoms with van der Waals surface area (Å²) in [5.41, 5.74) is 19.9. The van der Waals surface area contributed by atoms with Crippen molar-refractivity contribution in [1.82, 2.24) is 0 Å². The van der Waals surface area contributed by atoms with Gasteiger partial charge in [-0.15, -0.1) is 14.7 Å². The van der Waals surface area contributed by atoms with Gasteiger partial charge >= 0.3 is 0 Å². The molecule has 0 bridgehead atoms. The Morgan fingerprint density at radius 2 is 0.490 bits per heavy atom. The third kappa shape index (κ3) is 5.80. The molecule has 0 saturated heterocycles. The maximum Gasteiger partial charge on any atom is 0.108 e. The molecule has 0 aliphatic carbocycles. The molecule has 6 aromatic carbocycles. The minimum absolute atomic E-state index is 0.372. The van der Waals surface area contributed by atoms with Crippen LogP contribution in [0.3, 0.4) is 0 Å². The smallest absolute Gasteiger partial charge is 0.108 e. The highest BCUT2D eigenvalue weighted by atomic mass is 16.3. The average Bonchev–Trinajstić information content (AvgIpc) is 3.11. The van der Waals surface area contributed by atoms with Crippen LogP contribution in [0.15, 0.2) is 113 Å². The van der Waals surface area contributed by atoms with E-state index in [0.29, 0.717) is 17.1 Å². The van der Waals surface area contributed by atoms with Crippen molar-refractivity contribution in [2.45, 2.75) is 48.5 Å². The second-order valence-electron chi connectivity index (χ2n) is 12.8. The van der Waals surface area contributed by atoms with Gasteiger partial charge in [0.15, 0.2) is 0 Å². The fraction of sp³-hybridized carbons (Fsp3) is 0.163. The van der Waals surface area contributed by atoms with E-state index in [2.05, 4.69) is 88.3 Å². The molecule has 6 heteroatoms. The van der Waals surface area contributed by atoms with Gasteiger partial charge in [-0.05, 0) is 189 Å². The van der Waals surface area contributed by atoms with Crippen molar-refractivity contribution in [3.05, 3.63) is 151 Å². The predicted molar refractivity (Wildman–Crippen MR) is 203 cm³/mol. The second kappa shape index (κ2) is 13.3. The fourth-order valence-electron chi connectivity index (χ4n) is 7.71. The molecule has 0 N–H and O–H groups in total. The Labute approximate surface area is 286 Å². The first-order valence-corrected chi connectivity index (χ1v) is 16.3. The van der Waals surface area contributed by atoms with Crippen molar-refractivity contribution in [2.24, 2.45) is 15.5 Å². The second-order valence-corrected chi connectivity index (χ2v) is 12.8. The van der Waals surface area contributed by atoms with Crippen molar-refractivity contribution in [3.8, 4) is 55.6 Å². The molecule has 0 amide bonds. The fourth-order valence-corrected chi connectivity index (χ4v) is 7.71. The van der Waals surface area contributed by atoms with Gasteiger partial charge in [0, 0.05) is 0 Å². The molecule has 0 aromatic heterocycles. The Bertz CT molecular complexity index is 2170.